The molecule has 3 aliphatic heterocycles. The van der Waals surface area contributed by atoms with Gasteiger partial charge < -0.3 is 9.47 Å². The molecule has 42 heavy (non-hydrogen) atoms. The minimum Gasteiger partial charge on any atom is -0.485 e. The number of benzene rings is 3. The van der Waals surface area contributed by atoms with Crippen LogP contribution in [0.15, 0.2) is 66.7 Å². The summed E-state index contributed by atoms with van der Waals surface area (Å²) in [6, 6.07) is 20.7. The summed E-state index contributed by atoms with van der Waals surface area (Å²) < 4.78 is 30.5. The zero-order valence-electron chi connectivity index (χ0n) is 23.4. The first-order chi connectivity index (χ1) is 20.6. The van der Waals surface area contributed by atoms with E-state index < -0.39 is 23.7 Å². The lowest BCUT2D eigenvalue weighted by molar-refractivity contribution is -0.118. The number of fused-ring (bicyclic) bond motifs is 1. The van der Waals surface area contributed by atoms with Gasteiger partial charge in [0.05, 0.1) is 22.6 Å². The SMILES string of the molecule is O=C1c2ccccc2C(=O)N1[C@@H]1CCC2[C@H]3Cc4ccc(OCc5ccccc5)c5c4[C@]2([C@@H](F)CN3CC2CC2)[C@H]1O5. The van der Waals surface area contributed by atoms with Crippen LogP contribution in [0, 0.1) is 11.8 Å². The van der Waals surface area contributed by atoms with Crippen LogP contribution in [0.2, 0.25) is 0 Å². The fourth-order valence-electron chi connectivity index (χ4n) is 9.05. The van der Waals surface area contributed by atoms with Crippen LogP contribution in [0.4, 0.5) is 4.39 Å². The van der Waals surface area contributed by atoms with Gasteiger partial charge in [0.15, 0.2) is 11.5 Å². The van der Waals surface area contributed by atoms with Crippen molar-refractivity contribution in [3.05, 3.63) is 94.5 Å². The molecular weight excluding hydrogens is 531 g/mol. The third kappa shape index (κ3) is 3.29. The molecule has 6 aliphatic rings. The number of carbonyl (C=O) groups is 2. The van der Waals surface area contributed by atoms with E-state index in [1.165, 1.54) is 17.7 Å². The van der Waals surface area contributed by atoms with Gasteiger partial charge in [-0.2, -0.15) is 0 Å². The average Bonchev–Trinajstić information content (AvgIpc) is 3.70. The molecule has 3 aromatic carbocycles. The first-order valence-corrected chi connectivity index (χ1v) is 15.4. The summed E-state index contributed by atoms with van der Waals surface area (Å²) in [7, 11) is 0. The summed E-state index contributed by atoms with van der Waals surface area (Å²) in [6.07, 6.45) is 2.84. The van der Waals surface area contributed by atoms with Crippen LogP contribution in [-0.2, 0) is 18.4 Å². The average molecular weight is 565 g/mol. The quantitative estimate of drug-likeness (QED) is 0.379. The van der Waals surface area contributed by atoms with E-state index in [1.807, 2.05) is 36.4 Å². The molecule has 6 nitrogen and oxygen atoms in total. The molecule has 2 amide bonds. The van der Waals surface area contributed by atoms with Crippen molar-refractivity contribution in [2.24, 2.45) is 11.8 Å². The Morgan fingerprint density at radius 3 is 2.36 bits per heavy atom. The lowest BCUT2D eigenvalue weighted by Crippen LogP contribution is -2.73. The fourth-order valence-corrected chi connectivity index (χ4v) is 9.05. The van der Waals surface area contributed by atoms with Crippen molar-refractivity contribution in [1.82, 2.24) is 9.80 Å². The predicted octanol–water partition coefficient (Wildman–Crippen LogP) is 5.33. The molecule has 1 unspecified atom stereocenters. The molecule has 0 N–H and O–H groups in total. The molecule has 3 fully saturated rings. The van der Waals surface area contributed by atoms with Crippen molar-refractivity contribution in [3.8, 4) is 11.5 Å². The number of rotatable bonds is 6. The zero-order chi connectivity index (χ0) is 28.2. The Morgan fingerprint density at radius 1 is 0.881 bits per heavy atom. The maximum absolute atomic E-state index is 17.2. The lowest BCUT2D eigenvalue weighted by atomic mass is 9.50. The molecule has 2 saturated carbocycles. The van der Waals surface area contributed by atoms with E-state index in [0.29, 0.717) is 48.1 Å². The molecule has 2 bridgehead atoms. The number of likely N-dealkylation sites (tertiary alicyclic amines) is 1. The number of imide groups is 1. The monoisotopic (exact) mass is 564 g/mol. The highest BCUT2D eigenvalue weighted by Gasteiger charge is 2.71. The van der Waals surface area contributed by atoms with E-state index in [4.69, 9.17) is 9.47 Å². The maximum Gasteiger partial charge on any atom is 0.261 e. The second kappa shape index (κ2) is 8.90. The van der Waals surface area contributed by atoms with Gasteiger partial charge in [-0.3, -0.25) is 19.4 Å². The summed E-state index contributed by atoms with van der Waals surface area (Å²) in [5, 5.41) is 0. The van der Waals surface area contributed by atoms with E-state index >= 15 is 4.39 Å². The van der Waals surface area contributed by atoms with Crippen LogP contribution in [0.25, 0.3) is 0 Å². The minimum absolute atomic E-state index is 0.0505. The summed E-state index contributed by atoms with van der Waals surface area (Å²) in [5.74, 6) is 1.33. The van der Waals surface area contributed by atoms with E-state index in [0.717, 1.165) is 36.1 Å². The molecule has 1 spiro atoms. The Kier molecular flexibility index (Phi) is 5.26. The third-order valence-corrected chi connectivity index (χ3v) is 11.0. The molecule has 6 atom stereocenters. The first kappa shape index (κ1) is 24.8. The van der Waals surface area contributed by atoms with Crippen LogP contribution in [0.3, 0.4) is 0 Å². The van der Waals surface area contributed by atoms with Crippen molar-refractivity contribution < 1.29 is 23.5 Å². The lowest BCUT2D eigenvalue weighted by Gasteiger charge is -2.61. The van der Waals surface area contributed by atoms with Crippen LogP contribution in [-0.4, -0.2) is 59.1 Å². The van der Waals surface area contributed by atoms with E-state index in [-0.39, 0.29) is 23.8 Å². The molecule has 3 aromatic rings. The highest BCUT2D eigenvalue weighted by atomic mass is 19.1. The van der Waals surface area contributed by atoms with Crippen molar-refractivity contribution in [2.45, 2.75) is 68.5 Å². The molecule has 214 valence electrons. The zero-order valence-corrected chi connectivity index (χ0v) is 23.4. The third-order valence-electron chi connectivity index (χ3n) is 11.0. The van der Waals surface area contributed by atoms with Crippen molar-refractivity contribution in [1.29, 1.82) is 0 Å². The minimum atomic E-state index is -1.18. The van der Waals surface area contributed by atoms with Crippen molar-refractivity contribution >= 4 is 11.8 Å². The van der Waals surface area contributed by atoms with E-state index in [2.05, 4.69) is 11.0 Å². The number of hydrogen-bond donors (Lipinski definition) is 0. The summed E-state index contributed by atoms with van der Waals surface area (Å²) in [5.41, 5.74) is 3.00. The molecule has 7 heteroatoms. The Balaban J connectivity index is 1.16. The molecule has 0 radical (unpaired) electrons. The highest BCUT2D eigenvalue weighted by molar-refractivity contribution is 6.21. The molecule has 9 rings (SSSR count). The molecule has 3 heterocycles. The second-order valence-electron chi connectivity index (χ2n) is 13.1. The van der Waals surface area contributed by atoms with Gasteiger partial charge in [-0.05, 0) is 73.3 Å². The van der Waals surface area contributed by atoms with Crippen molar-refractivity contribution in [3.63, 3.8) is 0 Å². The van der Waals surface area contributed by atoms with Crippen LogP contribution in [0.5, 0.6) is 11.5 Å². The van der Waals surface area contributed by atoms with Gasteiger partial charge in [-0.25, -0.2) is 4.39 Å². The van der Waals surface area contributed by atoms with Crippen molar-refractivity contribution in [2.75, 3.05) is 13.1 Å². The number of carbonyl (C=O) groups excluding carboxylic acids is 2. The number of halogens is 1. The van der Waals surface area contributed by atoms with E-state index in [1.54, 1.807) is 24.3 Å². The second-order valence-corrected chi connectivity index (χ2v) is 13.1. The molecule has 3 aliphatic carbocycles. The topological polar surface area (TPSA) is 59.1 Å². The number of nitrogens with zero attached hydrogens (tertiary/aromatic N) is 2. The van der Waals surface area contributed by atoms with Gasteiger partial charge in [0, 0.05) is 24.7 Å². The van der Waals surface area contributed by atoms with Crippen LogP contribution < -0.4 is 9.47 Å². The Labute approximate surface area is 244 Å². The van der Waals surface area contributed by atoms with Crippen LogP contribution >= 0.6 is 0 Å². The smallest absolute Gasteiger partial charge is 0.261 e. The molecular formula is C35H33FN2O4. The highest BCUT2D eigenvalue weighted by Crippen LogP contribution is 2.65. The van der Waals surface area contributed by atoms with Gasteiger partial charge in [0.2, 0.25) is 0 Å². The fraction of sp³-hybridized carbons (Fsp3) is 0.429. The number of alkyl halides is 1. The van der Waals surface area contributed by atoms with Gasteiger partial charge in [-0.1, -0.05) is 48.5 Å². The Morgan fingerprint density at radius 2 is 1.62 bits per heavy atom. The number of piperidine rings is 1. The summed E-state index contributed by atoms with van der Waals surface area (Å²) in [6.45, 7) is 1.68. The van der Waals surface area contributed by atoms with Gasteiger partial charge in [-0.15, -0.1) is 0 Å². The standard InChI is InChI=1S/C35H33FN2O4/c36-29-18-37(17-20-10-11-20)27-16-22-12-15-28(41-19-21-6-2-1-3-7-21)31-30(22)35(29)25(27)13-14-26(32(35)42-31)38-33(39)23-8-4-5-9-24(23)34(38)40/h1-9,12,15,20,25-27,29,32H,10-11,13-14,16-19H2/t25?,26-,27-,29+,32+,35+/m1/s1. The predicted molar refractivity (Wildman–Crippen MR) is 153 cm³/mol. The largest absolute Gasteiger partial charge is 0.485 e. The van der Waals surface area contributed by atoms with E-state index in [9.17, 15) is 9.59 Å². The maximum atomic E-state index is 17.2. The number of ether oxygens (including phenoxy) is 2. The Bertz CT molecular complexity index is 1590. The van der Waals surface area contributed by atoms with Gasteiger partial charge >= 0.3 is 0 Å². The van der Waals surface area contributed by atoms with Gasteiger partial charge in [0.25, 0.3) is 11.8 Å². The molecule has 1 saturated heterocycles. The number of hydrogen-bond acceptors (Lipinski definition) is 5. The molecule has 0 aromatic heterocycles. The summed E-state index contributed by atoms with van der Waals surface area (Å²) in [4.78, 5) is 31.2. The number of amides is 2. The van der Waals surface area contributed by atoms with Gasteiger partial charge in [0.1, 0.15) is 18.9 Å². The first-order valence-electron chi connectivity index (χ1n) is 15.4. The van der Waals surface area contributed by atoms with Crippen LogP contribution in [0.1, 0.15) is 63.1 Å². The Hall–Kier alpha value is -3.71. The normalized spacial score (nSPS) is 32.4. The summed E-state index contributed by atoms with van der Waals surface area (Å²) >= 11 is 0.